The molecule has 0 spiro atoms. The fourth-order valence-electron chi connectivity index (χ4n) is 2.67. The number of carbonyl (C=O) groups excluding carboxylic acids is 1. The Kier molecular flexibility index (Phi) is 4.63. The predicted octanol–water partition coefficient (Wildman–Crippen LogP) is 3.61. The minimum Gasteiger partial charge on any atom is -0.311 e. The van der Waals surface area contributed by atoms with Crippen molar-refractivity contribution in [2.45, 2.75) is 12.7 Å². The monoisotopic (exact) mass is 358 g/mol. The van der Waals surface area contributed by atoms with Crippen LogP contribution in [0.25, 0.3) is 11.0 Å². The molecule has 3 aromatic rings. The number of imidazole rings is 1. The Bertz CT molecular complexity index is 974. The molecule has 1 aromatic heterocycles. The van der Waals surface area contributed by atoms with Gasteiger partial charge in [-0.15, -0.1) is 0 Å². The maximum atomic E-state index is 13.3. The van der Waals surface area contributed by atoms with Crippen molar-refractivity contribution < 1.29 is 18.0 Å². The van der Waals surface area contributed by atoms with E-state index < -0.39 is 24.5 Å². The predicted molar refractivity (Wildman–Crippen MR) is 89.1 cm³/mol. The Balaban J connectivity index is 2.02. The minimum absolute atomic E-state index is 0.152. The molecular formula is C18H13F3N4O. The first-order valence-electron chi connectivity index (χ1n) is 7.66. The topological polar surface area (TPSA) is 61.9 Å². The van der Waals surface area contributed by atoms with Crippen LogP contribution in [0.4, 0.5) is 18.9 Å². The van der Waals surface area contributed by atoms with E-state index in [2.05, 4.69) is 4.98 Å². The summed E-state index contributed by atoms with van der Waals surface area (Å²) in [6, 6.07) is 16.3. The number of alkyl halides is 3. The van der Waals surface area contributed by atoms with Crippen molar-refractivity contribution in [1.82, 2.24) is 9.55 Å². The second-order valence-electron chi connectivity index (χ2n) is 5.48. The van der Waals surface area contributed by atoms with Gasteiger partial charge in [0.05, 0.1) is 17.1 Å². The van der Waals surface area contributed by atoms with Crippen LogP contribution in [0, 0.1) is 11.3 Å². The van der Waals surface area contributed by atoms with Crippen LogP contribution in [0.3, 0.4) is 0 Å². The van der Waals surface area contributed by atoms with Gasteiger partial charge in [0.2, 0.25) is 11.7 Å². The number of anilines is 1. The first kappa shape index (κ1) is 17.5. The molecule has 0 aliphatic carbocycles. The van der Waals surface area contributed by atoms with Gasteiger partial charge < -0.3 is 4.57 Å². The number of benzene rings is 2. The van der Waals surface area contributed by atoms with Gasteiger partial charge in [0.15, 0.2) is 0 Å². The van der Waals surface area contributed by atoms with Gasteiger partial charge in [-0.2, -0.15) is 18.4 Å². The number of halogens is 3. The van der Waals surface area contributed by atoms with Crippen LogP contribution in [0.5, 0.6) is 0 Å². The highest BCUT2D eigenvalue weighted by molar-refractivity contribution is 5.94. The molecule has 0 N–H and O–H groups in total. The van der Waals surface area contributed by atoms with Crippen molar-refractivity contribution in [2.24, 2.45) is 0 Å². The number of hydrogen-bond acceptors (Lipinski definition) is 3. The zero-order chi connectivity index (χ0) is 18.7. The second-order valence-corrected chi connectivity index (χ2v) is 5.48. The molecule has 0 fully saturated rings. The highest BCUT2D eigenvalue weighted by Crippen LogP contribution is 2.31. The Morgan fingerprint density at radius 2 is 1.77 bits per heavy atom. The average Bonchev–Trinajstić information content (AvgIpc) is 2.99. The number of nitriles is 1. The summed E-state index contributed by atoms with van der Waals surface area (Å²) in [5.41, 5.74) is 0.800. The van der Waals surface area contributed by atoms with E-state index in [0.717, 1.165) is 9.47 Å². The zero-order valence-corrected chi connectivity index (χ0v) is 13.4. The lowest BCUT2D eigenvalue weighted by Crippen LogP contribution is -2.35. The van der Waals surface area contributed by atoms with E-state index in [9.17, 15) is 18.0 Å². The van der Waals surface area contributed by atoms with Crippen molar-refractivity contribution in [3.05, 3.63) is 60.4 Å². The number of fused-ring (bicyclic) bond motifs is 1. The van der Waals surface area contributed by atoms with Crippen LogP contribution < -0.4 is 4.90 Å². The van der Waals surface area contributed by atoms with E-state index in [1.165, 1.54) is 12.1 Å². The van der Waals surface area contributed by atoms with Gasteiger partial charge in [0.1, 0.15) is 13.1 Å². The molecule has 2 aromatic carbocycles. The molecule has 0 saturated carbocycles. The van der Waals surface area contributed by atoms with E-state index in [0.29, 0.717) is 5.69 Å². The summed E-state index contributed by atoms with van der Waals surface area (Å²) in [5.74, 6) is -1.77. The van der Waals surface area contributed by atoms with E-state index >= 15 is 0 Å². The maximum absolute atomic E-state index is 13.3. The molecule has 8 heteroatoms. The summed E-state index contributed by atoms with van der Waals surface area (Å²) in [7, 11) is 0. The van der Waals surface area contributed by atoms with E-state index in [-0.39, 0.29) is 17.6 Å². The number of carbonyl (C=O) groups is 1. The van der Waals surface area contributed by atoms with Crippen molar-refractivity contribution in [3.63, 3.8) is 0 Å². The fraction of sp³-hybridized carbons (Fsp3) is 0.167. The molecule has 5 nitrogen and oxygen atoms in total. The van der Waals surface area contributed by atoms with Crippen molar-refractivity contribution in [3.8, 4) is 6.07 Å². The molecule has 0 aliphatic rings. The quantitative estimate of drug-likeness (QED) is 0.670. The molecule has 0 radical (unpaired) electrons. The molecule has 26 heavy (non-hydrogen) atoms. The van der Waals surface area contributed by atoms with Crippen molar-refractivity contribution in [2.75, 3.05) is 11.4 Å². The number of para-hydroxylation sites is 3. The van der Waals surface area contributed by atoms with Crippen LogP contribution in [0.1, 0.15) is 5.82 Å². The summed E-state index contributed by atoms with van der Waals surface area (Å²) in [6.07, 6.45) is -4.70. The molecular weight excluding hydrogens is 345 g/mol. The van der Waals surface area contributed by atoms with E-state index in [1.807, 2.05) is 6.07 Å². The van der Waals surface area contributed by atoms with Crippen LogP contribution in [-0.4, -0.2) is 22.0 Å². The number of rotatable bonds is 4. The van der Waals surface area contributed by atoms with Crippen LogP contribution in [0.15, 0.2) is 54.6 Å². The Labute approximate surface area is 146 Å². The second kappa shape index (κ2) is 6.88. The summed E-state index contributed by atoms with van der Waals surface area (Å²) in [6.45, 7) is -0.844. The molecule has 0 unspecified atom stereocenters. The number of aromatic nitrogens is 2. The van der Waals surface area contributed by atoms with Gasteiger partial charge in [-0.3, -0.25) is 9.69 Å². The third-order valence-electron chi connectivity index (χ3n) is 3.80. The van der Waals surface area contributed by atoms with Gasteiger partial charge in [-0.05, 0) is 24.3 Å². The Morgan fingerprint density at radius 1 is 1.12 bits per heavy atom. The SMILES string of the molecule is N#CCN(C(=O)Cn1c(C(F)(F)F)nc2ccccc21)c1ccccc1. The minimum atomic E-state index is -4.70. The highest BCUT2D eigenvalue weighted by atomic mass is 19.4. The van der Waals surface area contributed by atoms with E-state index in [1.54, 1.807) is 42.5 Å². The number of nitrogens with zero attached hydrogens (tertiary/aromatic N) is 4. The third kappa shape index (κ3) is 3.37. The van der Waals surface area contributed by atoms with Crippen molar-refractivity contribution in [1.29, 1.82) is 5.26 Å². The molecule has 1 amide bonds. The lowest BCUT2D eigenvalue weighted by atomic mass is 10.2. The van der Waals surface area contributed by atoms with Crippen molar-refractivity contribution >= 4 is 22.6 Å². The first-order valence-corrected chi connectivity index (χ1v) is 7.66. The number of hydrogen-bond donors (Lipinski definition) is 0. The lowest BCUT2D eigenvalue weighted by Gasteiger charge is -2.21. The highest BCUT2D eigenvalue weighted by Gasteiger charge is 2.38. The summed E-state index contributed by atoms with van der Waals surface area (Å²) in [4.78, 5) is 17.4. The van der Waals surface area contributed by atoms with Crippen LogP contribution >= 0.6 is 0 Å². The summed E-state index contributed by atoms with van der Waals surface area (Å²) in [5, 5.41) is 8.99. The average molecular weight is 358 g/mol. The third-order valence-corrected chi connectivity index (χ3v) is 3.80. The standard InChI is InChI=1S/C18H13F3N4O/c19-18(20,21)17-23-14-8-4-5-9-15(14)25(17)12-16(26)24(11-10-22)13-6-2-1-3-7-13/h1-9H,11-12H2. The maximum Gasteiger partial charge on any atom is 0.449 e. The van der Waals surface area contributed by atoms with Gasteiger partial charge >= 0.3 is 6.18 Å². The largest absolute Gasteiger partial charge is 0.449 e. The molecule has 132 valence electrons. The Hall–Kier alpha value is -3.34. The molecule has 0 atom stereocenters. The van der Waals surface area contributed by atoms with Gasteiger partial charge in [-0.1, -0.05) is 30.3 Å². The smallest absolute Gasteiger partial charge is 0.311 e. The molecule has 3 rings (SSSR count). The summed E-state index contributed by atoms with van der Waals surface area (Å²) >= 11 is 0. The molecule has 0 saturated heterocycles. The fourth-order valence-corrected chi connectivity index (χ4v) is 2.67. The lowest BCUT2D eigenvalue weighted by molar-refractivity contribution is -0.147. The van der Waals surface area contributed by atoms with E-state index in [4.69, 9.17) is 5.26 Å². The Morgan fingerprint density at radius 3 is 2.42 bits per heavy atom. The molecule has 0 bridgehead atoms. The number of amides is 1. The zero-order valence-electron chi connectivity index (χ0n) is 13.4. The van der Waals surface area contributed by atoms with Gasteiger partial charge in [0, 0.05) is 5.69 Å². The van der Waals surface area contributed by atoms with Crippen LogP contribution in [0.2, 0.25) is 0 Å². The first-order chi connectivity index (χ1) is 12.4. The van der Waals surface area contributed by atoms with Crippen LogP contribution in [-0.2, 0) is 17.5 Å². The molecule has 0 aliphatic heterocycles. The van der Waals surface area contributed by atoms with Gasteiger partial charge in [-0.25, -0.2) is 4.98 Å². The molecule has 1 heterocycles. The normalized spacial score (nSPS) is 11.3. The summed E-state index contributed by atoms with van der Waals surface area (Å²) < 4.78 is 40.9. The van der Waals surface area contributed by atoms with Gasteiger partial charge in [0.25, 0.3) is 0 Å².